The van der Waals surface area contributed by atoms with Crippen LogP contribution >= 0.6 is 0 Å². The third-order valence-electron chi connectivity index (χ3n) is 3.25. The highest BCUT2D eigenvalue weighted by Crippen LogP contribution is 2.25. The van der Waals surface area contributed by atoms with E-state index in [1.165, 1.54) is 0 Å². The lowest BCUT2D eigenvalue weighted by Crippen LogP contribution is -2.42. The second-order valence-electron chi connectivity index (χ2n) is 4.58. The molecule has 0 radical (unpaired) electrons. The Morgan fingerprint density at radius 1 is 1.47 bits per heavy atom. The van der Waals surface area contributed by atoms with Gasteiger partial charge in [0.15, 0.2) is 0 Å². The van der Waals surface area contributed by atoms with E-state index in [4.69, 9.17) is 9.84 Å². The highest BCUT2D eigenvalue weighted by molar-refractivity contribution is 5.79. The molecule has 3 atom stereocenters. The molecule has 0 aliphatic heterocycles. The number of carbonyl (C=O) groups is 2. The summed E-state index contributed by atoms with van der Waals surface area (Å²) in [7, 11) is 0. The van der Waals surface area contributed by atoms with Gasteiger partial charge in [-0.15, -0.1) is 0 Å². The first-order valence-electron chi connectivity index (χ1n) is 6.18. The van der Waals surface area contributed by atoms with Crippen LogP contribution in [-0.4, -0.2) is 35.7 Å². The Hall–Kier alpha value is -1.10. The van der Waals surface area contributed by atoms with E-state index in [0.29, 0.717) is 6.42 Å². The van der Waals surface area contributed by atoms with Crippen molar-refractivity contribution < 1.29 is 19.4 Å². The fraction of sp³-hybridized carbons (Fsp3) is 0.833. The summed E-state index contributed by atoms with van der Waals surface area (Å²) in [5.41, 5.74) is 0. The minimum Gasteiger partial charge on any atom is -0.481 e. The Morgan fingerprint density at radius 3 is 2.76 bits per heavy atom. The van der Waals surface area contributed by atoms with Gasteiger partial charge in [0.2, 0.25) is 5.91 Å². The average Bonchev–Trinajstić information content (AvgIpc) is 2.74. The van der Waals surface area contributed by atoms with Crippen LogP contribution in [0.2, 0.25) is 0 Å². The Morgan fingerprint density at radius 2 is 2.18 bits per heavy atom. The standard InChI is InChI=1S/C12H21NO4/c1-3-8(2)17-7-11(14)13-10-6-4-5-9(10)12(15)16/h8-10H,3-7H2,1-2H3,(H,13,14)(H,15,16)/t8?,9-,10+/m0/s1. The summed E-state index contributed by atoms with van der Waals surface area (Å²) in [6.07, 6.45) is 3.15. The normalized spacial score (nSPS) is 25.5. The van der Waals surface area contributed by atoms with Crippen molar-refractivity contribution in [1.29, 1.82) is 0 Å². The van der Waals surface area contributed by atoms with Crippen molar-refractivity contribution >= 4 is 11.9 Å². The lowest BCUT2D eigenvalue weighted by Gasteiger charge is -2.18. The van der Waals surface area contributed by atoms with E-state index >= 15 is 0 Å². The lowest BCUT2D eigenvalue weighted by molar-refractivity contribution is -0.142. The fourth-order valence-electron chi connectivity index (χ4n) is 2.01. The SMILES string of the molecule is CCC(C)OCC(=O)N[C@@H]1CCC[C@@H]1C(=O)O. The molecular formula is C12H21NO4. The van der Waals surface area contributed by atoms with Crippen LogP contribution in [0.3, 0.4) is 0 Å². The monoisotopic (exact) mass is 243 g/mol. The molecule has 1 rings (SSSR count). The zero-order valence-electron chi connectivity index (χ0n) is 10.4. The number of hydrogen-bond acceptors (Lipinski definition) is 3. The molecule has 5 heteroatoms. The van der Waals surface area contributed by atoms with Crippen molar-refractivity contribution in [2.45, 2.75) is 51.7 Å². The van der Waals surface area contributed by atoms with Crippen molar-refractivity contribution in [2.24, 2.45) is 5.92 Å². The Balaban J connectivity index is 2.33. The van der Waals surface area contributed by atoms with Gasteiger partial charge in [-0.1, -0.05) is 13.3 Å². The van der Waals surface area contributed by atoms with E-state index < -0.39 is 11.9 Å². The van der Waals surface area contributed by atoms with Gasteiger partial charge in [0.25, 0.3) is 0 Å². The number of carbonyl (C=O) groups excluding carboxylic acids is 1. The molecule has 0 heterocycles. The van der Waals surface area contributed by atoms with Crippen LogP contribution in [0.25, 0.3) is 0 Å². The van der Waals surface area contributed by atoms with Gasteiger partial charge in [-0.3, -0.25) is 9.59 Å². The van der Waals surface area contributed by atoms with Crippen molar-refractivity contribution in [3.63, 3.8) is 0 Å². The van der Waals surface area contributed by atoms with Crippen LogP contribution in [0, 0.1) is 5.92 Å². The van der Waals surface area contributed by atoms with E-state index in [9.17, 15) is 9.59 Å². The zero-order chi connectivity index (χ0) is 12.8. The van der Waals surface area contributed by atoms with Gasteiger partial charge in [-0.25, -0.2) is 0 Å². The second kappa shape index (κ2) is 6.59. The first-order valence-corrected chi connectivity index (χ1v) is 6.18. The molecule has 17 heavy (non-hydrogen) atoms. The second-order valence-corrected chi connectivity index (χ2v) is 4.58. The number of hydrogen-bond donors (Lipinski definition) is 2. The Labute approximate surface area is 102 Å². The molecule has 1 aliphatic rings. The molecule has 0 bridgehead atoms. The van der Waals surface area contributed by atoms with Crippen LogP contribution in [0.4, 0.5) is 0 Å². The molecular weight excluding hydrogens is 222 g/mol. The summed E-state index contributed by atoms with van der Waals surface area (Å²) in [6, 6.07) is -0.236. The Bertz CT molecular complexity index is 280. The number of aliphatic carboxylic acids is 1. The average molecular weight is 243 g/mol. The maximum atomic E-state index is 11.6. The lowest BCUT2D eigenvalue weighted by atomic mass is 10.0. The predicted molar refractivity (Wildman–Crippen MR) is 62.6 cm³/mol. The molecule has 98 valence electrons. The molecule has 1 saturated carbocycles. The van der Waals surface area contributed by atoms with Crippen molar-refractivity contribution in [3.05, 3.63) is 0 Å². The van der Waals surface area contributed by atoms with Crippen molar-refractivity contribution in [2.75, 3.05) is 6.61 Å². The number of amides is 1. The van der Waals surface area contributed by atoms with Gasteiger partial charge in [0, 0.05) is 6.04 Å². The third kappa shape index (κ3) is 4.34. The number of carboxylic acid groups (broad SMARTS) is 1. The van der Waals surface area contributed by atoms with E-state index in [1.54, 1.807) is 0 Å². The van der Waals surface area contributed by atoms with Gasteiger partial charge in [0.05, 0.1) is 12.0 Å². The summed E-state index contributed by atoms with van der Waals surface area (Å²) in [5.74, 6) is -1.48. The van der Waals surface area contributed by atoms with E-state index in [-0.39, 0.29) is 24.7 Å². The fourth-order valence-corrected chi connectivity index (χ4v) is 2.01. The maximum Gasteiger partial charge on any atom is 0.308 e. The van der Waals surface area contributed by atoms with Gasteiger partial charge in [-0.2, -0.15) is 0 Å². The highest BCUT2D eigenvalue weighted by atomic mass is 16.5. The van der Waals surface area contributed by atoms with Crippen LogP contribution in [0.15, 0.2) is 0 Å². The number of nitrogens with one attached hydrogen (secondary N) is 1. The number of ether oxygens (including phenoxy) is 1. The molecule has 2 N–H and O–H groups in total. The van der Waals surface area contributed by atoms with Crippen molar-refractivity contribution in [3.8, 4) is 0 Å². The predicted octanol–water partition coefficient (Wildman–Crippen LogP) is 1.17. The number of carboxylic acids is 1. The molecule has 1 fully saturated rings. The van der Waals surface area contributed by atoms with Gasteiger partial charge in [0.1, 0.15) is 6.61 Å². The smallest absolute Gasteiger partial charge is 0.308 e. The van der Waals surface area contributed by atoms with E-state index in [0.717, 1.165) is 19.3 Å². The molecule has 0 aromatic heterocycles. The van der Waals surface area contributed by atoms with Gasteiger partial charge >= 0.3 is 5.97 Å². The number of rotatable bonds is 6. The molecule has 0 aromatic rings. The van der Waals surface area contributed by atoms with Crippen LogP contribution < -0.4 is 5.32 Å². The van der Waals surface area contributed by atoms with E-state index in [1.807, 2.05) is 13.8 Å². The zero-order valence-corrected chi connectivity index (χ0v) is 10.4. The quantitative estimate of drug-likeness (QED) is 0.734. The molecule has 1 unspecified atom stereocenters. The minimum absolute atomic E-state index is 0.0118. The molecule has 1 aliphatic carbocycles. The Kier molecular flexibility index (Phi) is 5.41. The summed E-state index contributed by atoms with van der Waals surface area (Å²) < 4.78 is 5.30. The third-order valence-corrected chi connectivity index (χ3v) is 3.25. The largest absolute Gasteiger partial charge is 0.481 e. The minimum atomic E-state index is -0.823. The van der Waals surface area contributed by atoms with Crippen LogP contribution in [-0.2, 0) is 14.3 Å². The first-order chi connectivity index (χ1) is 8.04. The molecule has 0 saturated heterocycles. The van der Waals surface area contributed by atoms with E-state index in [2.05, 4.69) is 5.32 Å². The summed E-state index contributed by atoms with van der Waals surface area (Å²) in [6.45, 7) is 3.90. The summed E-state index contributed by atoms with van der Waals surface area (Å²) >= 11 is 0. The molecule has 0 aromatic carbocycles. The van der Waals surface area contributed by atoms with Gasteiger partial charge < -0.3 is 15.2 Å². The highest BCUT2D eigenvalue weighted by Gasteiger charge is 2.33. The molecule has 1 amide bonds. The molecule has 5 nitrogen and oxygen atoms in total. The summed E-state index contributed by atoms with van der Waals surface area (Å²) in [4.78, 5) is 22.5. The van der Waals surface area contributed by atoms with Gasteiger partial charge in [-0.05, 0) is 26.2 Å². The van der Waals surface area contributed by atoms with Crippen molar-refractivity contribution in [1.82, 2.24) is 5.32 Å². The molecule has 0 spiro atoms. The summed E-state index contributed by atoms with van der Waals surface area (Å²) in [5, 5.41) is 11.7. The maximum absolute atomic E-state index is 11.6. The van der Waals surface area contributed by atoms with Crippen LogP contribution in [0.5, 0.6) is 0 Å². The first kappa shape index (κ1) is 14.0. The topological polar surface area (TPSA) is 75.6 Å². The van der Waals surface area contributed by atoms with Crippen LogP contribution in [0.1, 0.15) is 39.5 Å².